The van der Waals surface area contributed by atoms with Crippen LogP contribution in [0.3, 0.4) is 0 Å². The van der Waals surface area contributed by atoms with Crippen molar-refractivity contribution in [3.05, 3.63) is 12.2 Å². The van der Waals surface area contributed by atoms with Crippen LogP contribution in [0.5, 0.6) is 0 Å². The number of unbranched alkanes of at least 4 members (excludes halogenated alkanes) is 8. The third-order valence-electron chi connectivity index (χ3n) is 6.21. The molecule has 0 amide bonds. The highest BCUT2D eigenvalue weighted by Crippen LogP contribution is 2.19. The maximum Gasteiger partial charge on any atom is 0.303 e. The molecule has 0 heterocycles. The normalized spacial score (nSPS) is 11.8. The molecule has 192 valence electrons. The van der Waals surface area contributed by atoms with Crippen molar-refractivity contribution in [1.82, 2.24) is 0 Å². The van der Waals surface area contributed by atoms with E-state index in [2.05, 4.69) is 19.1 Å². The van der Waals surface area contributed by atoms with Crippen LogP contribution in [0.4, 0.5) is 0 Å². The Labute approximate surface area is 200 Å². The van der Waals surface area contributed by atoms with Gasteiger partial charge in [-0.25, -0.2) is 0 Å². The van der Waals surface area contributed by atoms with Crippen LogP contribution in [0.1, 0.15) is 110 Å². The Kier molecular flexibility index (Phi) is 19.5. The average Bonchev–Trinajstić information content (AvgIpc) is 2.75. The molecule has 0 bridgehead atoms. The predicted octanol–water partition coefficient (Wildman–Crippen LogP) is 5.87. The molecule has 0 fully saturated rings. The number of carboxylic acid groups (broad SMARTS) is 3. The van der Waals surface area contributed by atoms with Crippen molar-refractivity contribution in [2.24, 2.45) is 0 Å². The lowest BCUT2D eigenvalue weighted by Crippen LogP contribution is -2.51. The molecular formula is C26H48NO6+. The van der Waals surface area contributed by atoms with Gasteiger partial charge in [-0.15, -0.1) is 0 Å². The second-order valence-corrected chi connectivity index (χ2v) is 9.25. The van der Waals surface area contributed by atoms with Crippen LogP contribution < -0.4 is 0 Å². The van der Waals surface area contributed by atoms with Gasteiger partial charge in [0.1, 0.15) is 0 Å². The first-order chi connectivity index (χ1) is 15.8. The van der Waals surface area contributed by atoms with E-state index in [1.165, 1.54) is 19.3 Å². The Morgan fingerprint density at radius 1 is 0.545 bits per heavy atom. The number of quaternary nitrogens is 1. The van der Waals surface area contributed by atoms with Gasteiger partial charge >= 0.3 is 17.9 Å². The molecule has 0 aromatic rings. The first kappa shape index (κ1) is 31.1. The molecule has 7 nitrogen and oxygen atoms in total. The fourth-order valence-corrected chi connectivity index (χ4v) is 4.30. The highest BCUT2D eigenvalue weighted by atomic mass is 16.4. The molecule has 0 radical (unpaired) electrons. The van der Waals surface area contributed by atoms with Crippen LogP contribution in [0.2, 0.25) is 0 Å². The van der Waals surface area contributed by atoms with Crippen LogP contribution in [0.25, 0.3) is 0 Å². The lowest BCUT2D eigenvalue weighted by molar-refractivity contribution is -0.929. The summed E-state index contributed by atoms with van der Waals surface area (Å²) in [5.41, 5.74) is 0. The topological polar surface area (TPSA) is 112 Å². The predicted molar refractivity (Wildman–Crippen MR) is 131 cm³/mol. The molecule has 0 aromatic carbocycles. The summed E-state index contributed by atoms with van der Waals surface area (Å²) in [4.78, 5) is 32.7. The van der Waals surface area contributed by atoms with E-state index in [1.54, 1.807) is 0 Å². The van der Waals surface area contributed by atoms with Crippen LogP contribution >= 0.6 is 0 Å². The monoisotopic (exact) mass is 470 g/mol. The summed E-state index contributed by atoms with van der Waals surface area (Å²) in [5, 5.41) is 26.9. The van der Waals surface area contributed by atoms with Crippen LogP contribution in [-0.4, -0.2) is 63.9 Å². The first-order valence-corrected chi connectivity index (χ1v) is 13.0. The minimum Gasteiger partial charge on any atom is -0.481 e. The molecule has 0 spiro atoms. The molecule has 0 unspecified atom stereocenters. The van der Waals surface area contributed by atoms with Gasteiger partial charge in [0.2, 0.25) is 0 Å². The summed E-state index contributed by atoms with van der Waals surface area (Å²) < 4.78 is 0.846. The van der Waals surface area contributed by atoms with Crippen molar-refractivity contribution in [1.29, 1.82) is 0 Å². The second-order valence-electron chi connectivity index (χ2n) is 9.25. The SMILES string of the molecule is CCCCC/C=C/CCCC[N+](CCCCC(=O)O)(CCCCC(=O)O)CCCCC(=O)O. The molecule has 0 saturated carbocycles. The summed E-state index contributed by atoms with van der Waals surface area (Å²) in [5.74, 6) is -2.33. The van der Waals surface area contributed by atoms with Gasteiger partial charge in [0.15, 0.2) is 0 Å². The average molecular weight is 471 g/mol. The molecule has 0 aromatic heterocycles. The van der Waals surface area contributed by atoms with E-state index in [9.17, 15) is 14.4 Å². The van der Waals surface area contributed by atoms with Crippen LogP contribution in [0.15, 0.2) is 12.2 Å². The maximum atomic E-state index is 10.9. The highest BCUT2D eigenvalue weighted by molar-refractivity contribution is 5.67. The van der Waals surface area contributed by atoms with Gasteiger partial charge in [-0.1, -0.05) is 31.9 Å². The molecule has 0 aliphatic heterocycles. The molecule has 0 rings (SSSR count). The quantitative estimate of drug-likeness (QED) is 0.0923. The number of hydrogen-bond donors (Lipinski definition) is 3. The Morgan fingerprint density at radius 3 is 1.21 bits per heavy atom. The van der Waals surface area contributed by atoms with Gasteiger partial charge in [0, 0.05) is 19.3 Å². The van der Waals surface area contributed by atoms with Crippen molar-refractivity contribution in [2.45, 2.75) is 110 Å². The fourth-order valence-electron chi connectivity index (χ4n) is 4.30. The van der Waals surface area contributed by atoms with E-state index in [0.717, 1.165) is 75.6 Å². The van der Waals surface area contributed by atoms with Gasteiger partial charge < -0.3 is 19.8 Å². The van der Waals surface area contributed by atoms with Crippen molar-refractivity contribution >= 4 is 17.9 Å². The number of allylic oxidation sites excluding steroid dienone is 2. The lowest BCUT2D eigenvalue weighted by atomic mass is 10.1. The molecule has 0 aliphatic carbocycles. The number of carboxylic acids is 3. The van der Waals surface area contributed by atoms with Gasteiger partial charge in [-0.2, -0.15) is 0 Å². The zero-order valence-corrected chi connectivity index (χ0v) is 20.8. The van der Waals surface area contributed by atoms with Crippen molar-refractivity contribution in [3.63, 3.8) is 0 Å². The maximum absolute atomic E-state index is 10.9. The smallest absolute Gasteiger partial charge is 0.303 e. The zero-order chi connectivity index (χ0) is 24.8. The number of rotatable bonds is 24. The van der Waals surface area contributed by atoms with Gasteiger partial charge in [0.05, 0.1) is 26.2 Å². The second kappa shape index (κ2) is 20.7. The summed E-state index contributed by atoms with van der Waals surface area (Å²) in [6, 6.07) is 0. The zero-order valence-electron chi connectivity index (χ0n) is 20.8. The van der Waals surface area contributed by atoms with Gasteiger partial charge in [0.25, 0.3) is 0 Å². The number of carbonyl (C=O) groups is 3. The summed E-state index contributed by atoms with van der Waals surface area (Å²) >= 11 is 0. The standard InChI is InChI=1S/C26H47NO6/c1-2-3-4-5-6-7-8-9-13-20-27(21-14-10-17-24(28)29,22-15-11-18-25(30)31)23-16-12-19-26(32)33/h6-7H,2-5,8-23H2,1H3,(H2-,28,29,30,31,32,33)/p+1/b7-6+. The molecule has 33 heavy (non-hydrogen) atoms. The van der Waals surface area contributed by atoms with E-state index in [0.29, 0.717) is 19.3 Å². The van der Waals surface area contributed by atoms with Crippen molar-refractivity contribution < 1.29 is 34.2 Å². The molecule has 3 N–H and O–H groups in total. The fraction of sp³-hybridized carbons (Fsp3) is 0.808. The van der Waals surface area contributed by atoms with E-state index in [4.69, 9.17) is 15.3 Å². The number of aliphatic carboxylic acids is 3. The van der Waals surface area contributed by atoms with Gasteiger partial charge in [-0.3, -0.25) is 14.4 Å². The molecule has 0 saturated heterocycles. The first-order valence-electron chi connectivity index (χ1n) is 13.0. The number of hydrogen-bond acceptors (Lipinski definition) is 3. The summed E-state index contributed by atoms with van der Waals surface area (Å²) in [6.07, 6.45) is 17.6. The molecule has 0 atom stereocenters. The van der Waals surface area contributed by atoms with E-state index in [1.807, 2.05) is 0 Å². The van der Waals surface area contributed by atoms with Gasteiger partial charge in [-0.05, 0) is 70.6 Å². The molecule has 0 aliphatic rings. The number of nitrogens with zero attached hydrogens (tertiary/aromatic N) is 1. The lowest BCUT2D eigenvalue weighted by Gasteiger charge is -2.39. The third-order valence-corrected chi connectivity index (χ3v) is 6.21. The van der Waals surface area contributed by atoms with Crippen molar-refractivity contribution in [3.8, 4) is 0 Å². The summed E-state index contributed by atoms with van der Waals surface area (Å²) in [6.45, 7) is 5.82. The van der Waals surface area contributed by atoms with Crippen LogP contribution in [0, 0.1) is 0 Å². The third kappa shape index (κ3) is 20.4. The minimum atomic E-state index is -0.776. The van der Waals surface area contributed by atoms with Crippen LogP contribution in [-0.2, 0) is 14.4 Å². The van der Waals surface area contributed by atoms with E-state index < -0.39 is 17.9 Å². The highest BCUT2D eigenvalue weighted by Gasteiger charge is 2.26. The van der Waals surface area contributed by atoms with E-state index in [-0.39, 0.29) is 19.3 Å². The van der Waals surface area contributed by atoms with E-state index >= 15 is 0 Å². The largest absolute Gasteiger partial charge is 0.481 e. The Hall–Kier alpha value is -1.89. The Morgan fingerprint density at radius 2 is 0.879 bits per heavy atom. The molecular weight excluding hydrogens is 422 g/mol. The summed E-state index contributed by atoms with van der Waals surface area (Å²) in [7, 11) is 0. The Bertz CT molecular complexity index is 506. The Balaban J connectivity index is 4.86. The minimum absolute atomic E-state index is 0.168. The molecule has 7 heteroatoms. The van der Waals surface area contributed by atoms with Crippen molar-refractivity contribution in [2.75, 3.05) is 26.2 Å².